The van der Waals surface area contributed by atoms with Gasteiger partial charge in [-0.05, 0) is 36.0 Å². The smallest absolute Gasteiger partial charge is 0.0146 e. The minimum absolute atomic E-state index is 0.622. The van der Waals surface area contributed by atoms with Crippen LogP contribution in [0.5, 0.6) is 0 Å². The molecule has 0 N–H and O–H groups in total. The molecule has 0 aromatic heterocycles. The van der Waals surface area contributed by atoms with Crippen LogP contribution in [0.3, 0.4) is 0 Å². The van der Waals surface area contributed by atoms with Gasteiger partial charge in [0.2, 0.25) is 0 Å². The predicted molar refractivity (Wildman–Crippen MR) is 58.0 cm³/mol. The molecule has 0 bridgehead atoms. The molecule has 0 aliphatic carbocycles. The van der Waals surface area contributed by atoms with Crippen LogP contribution in [0.1, 0.15) is 50.7 Å². The van der Waals surface area contributed by atoms with E-state index in [1.807, 2.05) is 0 Å². The quantitative estimate of drug-likeness (QED) is 0.650. The number of benzene rings is 1. The van der Waals surface area contributed by atoms with Gasteiger partial charge in [-0.1, -0.05) is 45.4 Å². The first-order valence-corrected chi connectivity index (χ1v) is 5.24. The first-order valence-electron chi connectivity index (χ1n) is 5.24. The summed E-state index contributed by atoms with van der Waals surface area (Å²) < 4.78 is 0. The molecule has 0 heterocycles. The fraction of sp³-hybridized carbons (Fsp3) is 0.538. The summed E-state index contributed by atoms with van der Waals surface area (Å²) in [4.78, 5) is 0. The van der Waals surface area contributed by atoms with Crippen molar-refractivity contribution in [1.82, 2.24) is 0 Å². The van der Waals surface area contributed by atoms with Crippen molar-refractivity contribution in [3.8, 4) is 0 Å². The van der Waals surface area contributed by atoms with Crippen LogP contribution in [-0.4, -0.2) is 0 Å². The van der Waals surface area contributed by atoms with Crippen LogP contribution in [0.25, 0.3) is 0 Å². The van der Waals surface area contributed by atoms with E-state index in [1.54, 1.807) is 0 Å². The van der Waals surface area contributed by atoms with E-state index < -0.39 is 0 Å². The number of unbranched alkanes of at least 4 members (excludes halogenated alkanes) is 1. The van der Waals surface area contributed by atoms with Crippen molar-refractivity contribution in [2.24, 2.45) is 0 Å². The molecule has 71 valence electrons. The molecule has 0 fully saturated rings. The Kier molecular flexibility index (Phi) is 4.01. The van der Waals surface area contributed by atoms with Gasteiger partial charge in [0, 0.05) is 0 Å². The lowest BCUT2D eigenvalue weighted by Gasteiger charge is -2.05. The summed E-state index contributed by atoms with van der Waals surface area (Å²) in [6.45, 7) is 6.66. The van der Waals surface area contributed by atoms with E-state index in [1.165, 1.54) is 30.4 Å². The monoisotopic (exact) mass is 175 g/mol. The molecule has 1 radical (unpaired) electrons. The second-order valence-electron chi connectivity index (χ2n) is 3.91. The van der Waals surface area contributed by atoms with Gasteiger partial charge in [0.05, 0.1) is 0 Å². The molecule has 0 spiro atoms. The Balaban J connectivity index is 2.59. The molecule has 0 aliphatic rings. The van der Waals surface area contributed by atoms with Crippen LogP contribution in [-0.2, 0) is 6.42 Å². The number of rotatable bonds is 4. The van der Waals surface area contributed by atoms with Crippen LogP contribution in [0, 0.1) is 6.07 Å². The minimum Gasteiger partial charge on any atom is -0.0654 e. The van der Waals surface area contributed by atoms with Crippen molar-refractivity contribution < 1.29 is 0 Å². The van der Waals surface area contributed by atoms with Gasteiger partial charge in [0.15, 0.2) is 0 Å². The van der Waals surface area contributed by atoms with E-state index in [4.69, 9.17) is 0 Å². The lowest BCUT2D eigenvalue weighted by Crippen LogP contribution is -1.89. The van der Waals surface area contributed by atoms with Crippen molar-refractivity contribution >= 4 is 0 Å². The lowest BCUT2D eigenvalue weighted by atomic mass is 10.00. The third-order valence-corrected chi connectivity index (χ3v) is 2.37. The molecule has 0 nitrogen and oxygen atoms in total. The van der Waals surface area contributed by atoms with E-state index in [0.717, 1.165) is 0 Å². The highest BCUT2D eigenvalue weighted by atomic mass is 14.0. The maximum Gasteiger partial charge on any atom is -0.0146 e. The van der Waals surface area contributed by atoms with Crippen molar-refractivity contribution in [2.45, 2.75) is 46.0 Å². The number of hydrogen-bond donors (Lipinski definition) is 0. The third kappa shape index (κ3) is 3.22. The van der Waals surface area contributed by atoms with Gasteiger partial charge in [-0.3, -0.25) is 0 Å². The van der Waals surface area contributed by atoms with Gasteiger partial charge in [-0.2, -0.15) is 0 Å². The summed E-state index contributed by atoms with van der Waals surface area (Å²) in [6.07, 6.45) is 3.71. The SMILES string of the molecule is CCCCc1[c]cc(C(C)C)cc1. The zero-order valence-corrected chi connectivity index (χ0v) is 8.93. The zero-order chi connectivity index (χ0) is 9.68. The van der Waals surface area contributed by atoms with Crippen molar-refractivity contribution in [1.29, 1.82) is 0 Å². The molecule has 13 heavy (non-hydrogen) atoms. The van der Waals surface area contributed by atoms with Crippen LogP contribution < -0.4 is 0 Å². The highest BCUT2D eigenvalue weighted by Crippen LogP contribution is 2.15. The standard InChI is InChI=1S/C13H19/c1-4-5-6-12-7-9-13(10-8-12)11(2)3/h7,9-11H,4-6H2,1-3H3. The summed E-state index contributed by atoms with van der Waals surface area (Å²) in [7, 11) is 0. The van der Waals surface area contributed by atoms with Crippen molar-refractivity contribution in [3.05, 3.63) is 35.4 Å². The van der Waals surface area contributed by atoms with Crippen molar-refractivity contribution in [3.63, 3.8) is 0 Å². The summed E-state index contributed by atoms with van der Waals surface area (Å²) in [6, 6.07) is 9.93. The second-order valence-corrected chi connectivity index (χ2v) is 3.91. The minimum atomic E-state index is 0.622. The Morgan fingerprint density at radius 2 is 2.08 bits per heavy atom. The van der Waals surface area contributed by atoms with E-state index in [2.05, 4.69) is 45.0 Å². The summed E-state index contributed by atoms with van der Waals surface area (Å²) >= 11 is 0. The van der Waals surface area contributed by atoms with Gasteiger partial charge in [0.1, 0.15) is 0 Å². The molecular weight excluding hydrogens is 156 g/mol. The fourth-order valence-electron chi connectivity index (χ4n) is 1.35. The van der Waals surface area contributed by atoms with E-state index in [0.29, 0.717) is 5.92 Å². The molecule has 0 aliphatic heterocycles. The highest BCUT2D eigenvalue weighted by molar-refractivity contribution is 5.23. The van der Waals surface area contributed by atoms with E-state index in [-0.39, 0.29) is 0 Å². The van der Waals surface area contributed by atoms with E-state index >= 15 is 0 Å². The molecular formula is C13H19. The molecule has 1 aromatic rings. The number of aryl methyl sites for hydroxylation is 1. The van der Waals surface area contributed by atoms with Crippen LogP contribution in [0.15, 0.2) is 18.2 Å². The van der Waals surface area contributed by atoms with E-state index in [9.17, 15) is 0 Å². The first kappa shape index (κ1) is 10.3. The maximum atomic E-state index is 3.35. The summed E-state index contributed by atoms with van der Waals surface area (Å²) in [5.74, 6) is 0.622. The number of hydrogen-bond acceptors (Lipinski definition) is 0. The largest absolute Gasteiger partial charge is 0.0654 e. The molecule has 0 atom stereocenters. The molecule has 0 heteroatoms. The highest BCUT2D eigenvalue weighted by Gasteiger charge is 1.98. The summed E-state index contributed by atoms with van der Waals surface area (Å²) in [5, 5.41) is 0. The Hall–Kier alpha value is -0.780. The van der Waals surface area contributed by atoms with Crippen LogP contribution >= 0.6 is 0 Å². The van der Waals surface area contributed by atoms with Crippen LogP contribution in [0.4, 0.5) is 0 Å². The average molecular weight is 175 g/mol. The van der Waals surface area contributed by atoms with Gasteiger partial charge < -0.3 is 0 Å². The predicted octanol–water partition coefficient (Wildman–Crippen LogP) is 3.95. The zero-order valence-electron chi connectivity index (χ0n) is 8.93. The fourth-order valence-corrected chi connectivity index (χ4v) is 1.35. The van der Waals surface area contributed by atoms with Gasteiger partial charge in [-0.15, -0.1) is 0 Å². The molecule has 0 unspecified atom stereocenters. The molecule has 0 saturated heterocycles. The topological polar surface area (TPSA) is 0 Å². The molecule has 0 amide bonds. The Labute approximate surface area is 82.0 Å². The average Bonchev–Trinajstić information content (AvgIpc) is 2.15. The van der Waals surface area contributed by atoms with Crippen LogP contribution in [0.2, 0.25) is 0 Å². The normalized spacial score (nSPS) is 10.8. The third-order valence-electron chi connectivity index (χ3n) is 2.37. The summed E-state index contributed by atoms with van der Waals surface area (Å²) in [5.41, 5.74) is 2.74. The second kappa shape index (κ2) is 5.06. The van der Waals surface area contributed by atoms with Crippen molar-refractivity contribution in [2.75, 3.05) is 0 Å². The maximum absolute atomic E-state index is 3.35. The van der Waals surface area contributed by atoms with Gasteiger partial charge in [-0.25, -0.2) is 0 Å². The lowest BCUT2D eigenvalue weighted by molar-refractivity contribution is 0.792. The van der Waals surface area contributed by atoms with Gasteiger partial charge in [0.25, 0.3) is 0 Å². The Bertz CT molecular complexity index is 231. The first-order chi connectivity index (χ1) is 6.24. The Morgan fingerprint density at radius 1 is 1.31 bits per heavy atom. The molecule has 1 rings (SSSR count). The molecule has 1 aromatic carbocycles. The molecule has 0 saturated carbocycles. The Morgan fingerprint density at radius 3 is 2.54 bits per heavy atom. The van der Waals surface area contributed by atoms with Gasteiger partial charge >= 0.3 is 0 Å².